The minimum Gasteiger partial charge on any atom is -0.463 e. The van der Waals surface area contributed by atoms with E-state index in [-0.39, 0.29) is 5.43 Å². The molecule has 2 heterocycles. The van der Waals surface area contributed by atoms with Crippen LogP contribution in [0.1, 0.15) is 12.8 Å². The third-order valence-corrected chi connectivity index (χ3v) is 4.93. The van der Waals surface area contributed by atoms with Crippen LogP contribution in [0.25, 0.3) is 22.1 Å². The van der Waals surface area contributed by atoms with Gasteiger partial charge in [-0.2, -0.15) is 0 Å². The third-order valence-electron chi connectivity index (χ3n) is 4.38. The van der Waals surface area contributed by atoms with Crippen molar-refractivity contribution >= 4 is 40.1 Å². The Morgan fingerprint density at radius 1 is 1.11 bits per heavy atom. The maximum Gasteiger partial charge on any atom is 0.340 e. The van der Waals surface area contributed by atoms with Gasteiger partial charge in [-0.3, -0.25) is 4.79 Å². The van der Waals surface area contributed by atoms with Crippen LogP contribution in [0.4, 0.5) is 0 Å². The SMILES string of the molecule is O=C(Oc1ccc2c(=O)c(-c3ccc(Cl)cc3Cl)coc2c1)[C@H]1CCCO1. The van der Waals surface area contributed by atoms with Crippen LogP contribution < -0.4 is 10.2 Å². The molecule has 0 bridgehead atoms. The van der Waals surface area contributed by atoms with Crippen LogP contribution >= 0.6 is 23.2 Å². The third kappa shape index (κ3) is 3.58. The summed E-state index contributed by atoms with van der Waals surface area (Å²) in [4.78, 5) is 24.9. The van der Waals surface area contributed by atoms with Crippen LogP contribution in [0.2, 0.25) is 10.0 Å². The maximum absolute atomic E-state index is 12.8. The van der Waals surface area contributed by atoms with Crippen molar-refractivity contribution in [2.45, 2.75) is 18.9 Å². The number of benzene rings is 2. The van der Waals surface area contributed by atoms with E-state index >= 15 is 0 Å². The molecule has 0 spiro atoms. The highest BCUT2D eigenvalue weighted by Gasteiger charge is 2.25. The van der Waals surface area contributed by atoms with Crippen LogP contribution in [-0.4, -0.2) is 18.7 Å². The van der Waals surface area contributed by atoms with Gasteiger partial charge in [-0.05, 0) is 37.1 Å². The van der Waals surface area contributed by atoms with Gasteiger partial charge in [-0.15, -0.1) is 0 Å². The van der Waals surface area contributed by atoms with Gasteiger partial charge in [0, 0.05) is 23.3 Å². The molecule has 1 aliphatic heterocycles. The Bertz CT molecular complexity index is 1080. The van der Waals surface area contributed by atoms with E-state index in [0.29, 0.717) is 50.9 Å². The molecule has 1 atom stereocenters. The van der Waals surface area contributed by atoms with Crippen molar-refractivity contribution in [1.82, 2.24) is 0 Å². The minimum atomic E-state index is -0.540. The summed E-state index contributed by atoms with van der Waals surface area (Å²) in [6.07, 6.45) is 2.28. The van der Waals surface area contributed by atoms with Crippen molar-refractivity contribution in [3.63, 3.8) is 0 Å². The van der Waals surface area contributed by atoms with Crippen LogP contribution in [0.15, 0.2) is 51.9 Å². The fraction of sp³-hybridized carbons (Fsp3) is 0.200. The summed E-state index contributed by atoms with van der Waals surface area (Å²) in [5.41, 5.74) is 0.933. The normalized spacial score (nSPS) is 16.6. The summed E-state index contributed by atoms with van der Waals surface area (Å²) < 4.78 is 16.2. The summed E-state index contributed by atoms with van der Waals surface area (Å²) >= 11 is 12.1. The summed E-state index contributed by atoms with van der Waals surface area (Å²) in [7, 11) is 0. The number of ether oxygens (including phenoxy) is 2. The number of rotatable bonds is 3. The molecule has 1 aromatic heterocycles. The first-order valence-corrected chi connectivity index (χ1v) is 9.13. The van der Waals surface area contributed by atoms with Crippen LogP contribution in [-0.2, 0) is 9.53 Å². The Morgan fingerprint density at radius 3 is 2.70 bits per heavy atom. The van der Waals surface area contributed by atoms with Gasteiger partial charge in [0.25, 0.3) is 0 Å². The highest BCUT2D eigenvalue weighted by Crippen LogP contribution is 2.30. The van der Waals surface area contributed by atoms with Crippen LogP contribution in [0.3, 0.4) is 0 Å². The first-order valence-electron chi connectivity index (χ1n) is 8.37. The molecule has 1 aliphatic rings. The van der Waals surface area contributed by atoms with Crippen molar-refractivity contribution in [3.8, 4) is 16.9 Å². The van der Waals surface area contributed by atoms with E-state index in [2.05, 4.69) is 0 Å². The topological polar surface area (TPSA) is 65.7 Å². The van der Waals surface area contributed by atoms with Gasteiger partial charge >= 0.3 is 5.97 Å². The summed E-state index contributed by atoms with van der Waals surface area (Å²) in [5, 5.41) is 1.19. The fourth-order valence-corrected chi connectivity index (χ4v) is 3.52. The van der Waals surface area contributed by atoms with Gasteiger partial charge in [0.1, 0.15) is 17.6 Å². The quantitative estimate of drug-likeness (QED) is 0.460. The smallest absolute Gasteiger partial charge is 0.340 e. The maximum atomic E-state index is 12.8. The average Bonchev–Trinajstić information content (AvgIpc) is 3.18. The lowest BCUT2D eigenvalue weighted by Crippen LogP contribution is -2.24. The number of carbonyl (C=O) groups is 1. The van der Waals surface area contributed by atoms with E-state index in [1.54, 1.807) is 30.3 Å². The molecule has 0 saturated carbocycles. The number of fused-ring (bicyclic) bond motifs is 1. The summed E-state index contributed by atoms with van der Waals surface area (Å²) in [6, 6.07) is 9.51. The molecule has 0 unspecified atom stereocenters. The molecule has 3 aromatic rings. The highest BCUT2D eigenvalue weighted by molar-refractivity contribution is 6.36. The van der Waals surface area contributed by atoms with Crippen LogP contribution in [0.5, 0.6) is 5.75 Å². The molecular weight excluding hydrogens is 391 g/mol. The van der Waals surface area contributed by atoms with Crippen molar-refractivity contribution in [2.24, 2.45) is 0 Å². The number of carbonyl (C=O) groups excluding carboxylic acids is 1. The standard InChI is InChI=1S/C20H14Cl2O5/c21-11-3-5-13(16(22)8-11)15-10-26-18-9-12(4-6-14(18)19(15)23)27-20(24)17-2-1-7-25-17/h3-6,8-10,17H,1-2,7H2/t17-/m1/s1. The Balaban J connectivity index is 1.68. The minimum absolute atomic E-state index is 0.238. The second-order valence-electron chi connectivity index (χ2n) is 6.18. The largest absolute Gasteiger partial charge is 0.463 e. The number of hydrogen-bond donors (Lipinski definition) is 0. The van der Waals surface area contributed by atoms with Gasteiger partial charge in [0.15, 0.2) is 6.10 Å². The molecule has 138 valence electrons. The van der Waals surface area contributed by atoms with Crippen LogP contribution in [0, 0.1) is 0 Å². The zero-order valence-electron chi connectivity index (χ0n) is 14.0. The molecule has 0 N–H and O–H groups in total. The van der Waals surface area contributed by atoms with Gasteiger partial charge in [0.2, 0.25) is 5.43 Å². The van der Waals surface area contributed by atoms with Crippen molar-refractivity contribution < 1.29 is 18.7 Å². The summed E-state index contributed by atoms with van der Waals surface area (Å²) in [6.45, 7) is 0.558. The molecule has 4 rings (SSSR count). The van der Waals surface area contributed by atoms with E-state index in [0.717, 1.165) is 6.42 Å². The highest BCUT2D eigenvalue weighted by atomic mass is 35.5. The Kier molecular flexibility index (Phi) is 4.91. The lowest BCUT2D eigenvalue weighted by molar-refractivity contribution is -0.144. The van der Waals surface area contributed by atoms with Gasteiger partial charge < -0.3 is 13.9 Å². The predicted octanol–water partition coefficient (Wildman–Crippen LogP) is 4.85. The van der Waals surface area contributed by atoms with E-state index < -0.39 is 12.1 Å². The van der Waals surface area contributed by atoms with E-state index in [1.807, 2.05) is 0 Å². The first-order chi connectivity index (χ1) is 13.0. The van der Waals surface area contributed by atoms with Gasteiger partial charge in [-0.25, -0.2) is 4.79 Å². The van der Waals surface area contributed by atoms with E-state index in [9.17, 15) is 9.59 Å². The van der Waals surface area contributed by atoms with E-state index in [4.69, 9.17) is 37.1 Å². The molecule has 1 saturated heterocycles. The van der Waals surface area contributed by atoms with Crippen molar-refractivity contribution in [3.05, 3.63) is 62.9 Å². The number of hydrogen-bond acceptors (Lipinski definition) is 5. The molecule has 0 amide bonds. The molecule has 0 radical (unpaired) electrons. The Hall–Kier alpha value is -2.34. The molecule has 27 heavy (non-hydrogen) atoms. The molecule has 7 heteroatoms. The molecule has 5 nitrogen and oxygen atoms in total. The molecule has 0 aliphatic carbocycles. The zero-order valence-corrected chi connectivity index (χ0v) is 15.5. The Labute approximate surface area is 164 Å². The number of esters is 1. The molecule has 1 fully saturated rings. The molecule has 2 aromatic carbocycles. The first kappa shape index (κ1) is 18.0. The monoisotopic (exact) mass is 404 g/mol. The fourth-order valence-electron chi connectivity index (χ4n) is 3.01. The Morgan fingerprint density at radius 2 is 1.96 bits per heavy atom. The van der Waals surface area contributed by atoms with Gasteiger partial charge in [-0.1, -0.05) is 29.3 Å². The second kappa shape index (κ2) is 7.35. The molecular formula is C20H14Cl2O5. The van der Waals surface area contributed by atoms with E-state index in [1.165, 1.54) is 12.3 Å². The van der Waals surface area contributed by atoms with Gasteiger partial charge in [0.05, 0.1) is 16.0 Å². The zero-order chi connectivity index (χ0) is 19.0. The van der Waals surface area contributed by atoms with Crippen molar-refractivity contribution in [1.29, 1.82) is 0 Å². The lowest BCUT2D eigenvalue weighted by atomic mass is 10.1. The lowest BCUT2D eigenvalue weighted by Gasteiger charge is -2.10. The second-order valence-corrected chi connectivity index (χ2v) is 7.03. The van der Waals surface area contributed by atoms with Crippen molar-refractivity contribution in [2.75, 3.05) is 6.61 Å². The summed E-state index contributed by atoms with van der Waals surface area (Å²) in [5.74, 6) is -0.151. The average molecular weight is 405 g/mol. The number of halogens is 2. The predicted molar refractivity (Wildman–Crippen MR) is 103 cm³/mol.